The molecule has 0 heterocycles. The SMILES string of the molecule is CC(C)(C)OC(=O)NC(N)C1CC1. The molecule has 0 aliphatic heterocycles. The molecule has 0 radical (unpaired) electrons. The zero-order chi connectivity index (χ0) is 10.1. The highest BCUT2D eigenvalue weighted by Crippen LogP contribution is 2.30. The summed E-state index contributed by atoms with van der Waals surface area (Å²) in [5, 5.41) is 2.61. The maximum atomic E-state index is 11.2. The third-order valence-corrected chi connectivity index (χ3v) is 1.81. The van der Waals surface area contributed by atoms with Crippen molar-refractivity contribution in [3.8, 4) is 0 Å². The van der Waals surface area contributed by atoms with E-state index in [1.165, 1.54) is 0 Å². The van der Waals surface area contributed by atoms with Gasteiger partial charge in [0.2, 0.25) is 0 Å². The second-order valence-corrected chi connectivity index (χ2v) is 4.51. The Kier molecular flexibility index (Phi) is 2.81. The third-order valence-electron chi connectivity index (χ3n) is 1.81. The largest absolute Gasteiger partial charge is 0.444 e. The van der Waals surface area contributed by atoms with Crippen molar-refractivity contribution in [3.05, 3.63) is 0 Å². The van der Waals surface area contributed by atoms with Gasteiger partial charge in [-0.3, -0.25) is 0 Å². The number of ether oxygens (including phenoxy) is 1. The van der Waals surface area contributed by atoms with Gasteiger partial charge in [-0.15, -0.1) is 0 Å². The van der Waals surface area contributed by atoms with Gasteiger partial charge in [0.15, 0.2) is 0 Å². The van der Waals surface area contributed by atoms with Crippen molar-refractivity contribution in [1.82, 2.24) is 5.32 Å². The maximum absolute atomic E-state index is 11.2. The number of rotatable bonds is 2. The van der Waals surface area contributed by atoms with Crippen LogP contribution in [-0.2, 0) is 4.74 Å². The van der Waals surface area contributed by atoms with Gasteiger partial charge in [0.05, 0.1) is 6.17 Å². The topological polar surface area (TPSA) is 64.3 Å². The molecule has 1 rings (SSSR count). The highest BCUT2D eigenvalue weighted by molar-refractivity contribution is 5.68. The lowest BCUT2D eigenvalue weighted by atomic mass is 10.2. The van der Waals surface area contributed by atoms with Crippen LogP contribution in [-0.4, -0.2) is 17.9 Å². The monoisotopic (exact) mass is 186 g/mol. The van der Waals surface area contributed by atoms with Crippen molar-refractivity contribution in [1.29, 1.82) is 0 Å². The first-order valence-electron chi connectivity index (χ1n) is 4.63. The van der Waals surface area contributed by atoms with Crippen LogP contribution < -0.4 is 11.1 Å². The molecule has 1 fully saturated rings. The van der Waals surface area contributed by atoms with Gasteiger partial charge in [0.1, 0.15) is 5.60 Å². The summed E-state index contributed by atoms with van der Waals surface area (Å²) in [4.78, 5) is 11.2. The van der Waals surface area contributed by atoms with E-state index in [1.807, 2.05) is 20.8 Å². The van der Waals surface area contributed by atoms with E-state index in [9.17, 15) is 4.79 Å². The summed E-state index contributed by atoms with van der Waals surface area (Å²) in [6.07, 6.45) is 1.55. The zero-order valence-electron chi connectivity index (χ0n) is 8.46. The summed E-state index contributed by atoms with van der Waals surface area (Å²) in [6, 6.07) is 0. The van der Waals surface area contributed by atoms with Gasteiger partial charge < -0.3 is 15.8 Å². The number of carbonyl (C=O) groups excluding carboxylic acids is 1. The van der Waals surface area contributed by atoms with Crippen LogP contribution in [0.2, 0.25) is 0 Å². The fourth-order valence-corrected chi connectivity index (χ4v) is 1.02. The fourth-order valence-electron chi connectivity index (χ4n) is 1.02. The Morgan fingerprint density at radius 2 is 2.08 bits per heavy atom. The van der Waals surface area contributed by atoms with E-state index >= 15 is 0 Å². The Hall–Kier alpha value is -0.770. The van der Waals surface area contributed by atoms with E-state index in [1.54, 1.807) is 0 Å². The van der Waals surface area contributed by atoms with Gasteiger partial charge in [-0.25, -0.2) is 4.79 Å². The van der Waals surface area contributed by atoms with Crippen molar-refractivity contribution in [2.24, 2.45) is 11.7 Å². The Morgan fingerprint density at radius 1 is 1.54 bits per heavy atom. The molecule has 1 atom stereocenters. The van der Waals surface area contributed by atoms with Crippen LogP contribution in [0.15, 0.2) is 0 Å². The van der Waals surface area contributed by atoms with Crippen molar-refractivity contribution < 1.29 is 9.53 Å². The molecule has 0 aromatic rings. The van der Waals surface area contributed by atoms with Crippen LogP contribution >= 0.6 is 0 Å². The highest BCUT2D eigenvalue weighted by atomic mass is 16.6. The van der Waals surface area contributed by atoms with Gasteiger partial charge in [0.25, 0.3) is 0 Å². The minimum absolute atomic E-state index is 0.241. The highest BCUT2D eigenvalue weighted by Gasteiger charge is 2.30. The van der Waals surface area contributed by atoms with Gasteiger partial charge in [-0.05, 0) is 39.5 Å². The van der Waals surface area contributed by atoms with Crippen LogP contribution in [0.3, 0.4) is 0 Å². The number of amides is 1. The number of alkyl carbamates (subject to hydrolysis) is 1. The molecule has 4 nitrogen and oxygen atoms in total. The van der Waals surface area contributed by atoms with Gasteiger partial charge in [-0.2, -0.15) is 0 Å². The predicted molar refractivity (Wildman–Crippen MR) is 50.1 cm³/mol. The quantitative estimate of drug-likeness (QED) is 0.637. The lowest BCUT2D eigenvalue weighted by Crippen LogP contribution is -2.45. The van der Waals surface area contributed by atoms with Crippen molar-refractivity contribution >= 4 is 6.09 Å². The maximum Gasteiger partial charge on any atom is 0.408 e. The van der Waals surface area contributed by atoms with Crippen molar-refractivity contribution in [2.75, 3.05) is 0 Å². The number of nitrogens with two attached hydrogens (primary N) is 1. The van der Waals surface area contributed by atoms with Crippen LogP contribution in [0.4, 0.5) is 4.79 Å². The van der Waals surface area contributed by atoms with Crippen LogP contribution in [0.1, 0.15) is 33.6 Å². The molecule has 0 spiro atoms. The molecule has 1 unspecified atom stereocenters. The second kappa shape index (κ2) is 3.54. The minimum atomic E-state index is -0.451. The average Bonchev–Trinajstić information content (AvgIpc) is 2.60. The lowest BCUT2D eigenvalue weighted by Gasteiger charge is -2.21. The molecule has 0 saturated heterocycles. The van der Waals surface area contributed by atoms with E-state index in [2.05, 4.69) is 5.32 Å². The van der Waals surface area contributed by atoms with Crippen molar-refractivity contribution in [3.63, 3.8) is 0 Å². The zero-order valence-corrected chi connectivity index (χ0v) is 8.46. The van der Waals surface area contributed by atoms with E-state index in [0.717, 1.165) is 12.8 Å². The first-order valence-corrected chi connectivity index (χ1v) is 4.63. The second-order valence-electron chi connectivity index (χ2n) is 4.51. The number of nitrogens with one attached hydrogen (secondary N) is 1. The summed E-state index contributed by atoms with van der Waals surface area (Å²) >= 11 is 0. The molecule has 1 aliphatic carbocycles. The van der Waals surface area contributed by atoms with E-state index in [0.29, 0.717) is 5.92 Å². The Balaban J connectivity index is 2.24. The molecule has 1 aliphatic rings. The molecule has 13 heavy (non-hydrogen) atoms. The standard InChI is InChI=1S/C9H18N2O2/c1-9(2,3)13-8(12)11-7(10)6-4-5-6/h6-7H,4-5,10H2,1-3H3,(H,11,12). The Bertz CT molecular complexity index is 194. The van der Waals surface area contributed by atoms with E-state index < -0.39 is 11.7 Å². The molecule has 0 bridgehead atoms. The lowest BCUT2D eigenvalue weighted by molar-refractivity contribution is 0.0500. The molecule has 76 valence electrons. The summed E-state index contributed by atoms with van der Waals surface area (Å²) < 4.78 is 5.06. The molecule has 0 aromatic carbocycles. The molecule has 4 heteroatoms. The molecule has 1 amide bonds. The van der Waals surface area contributed by atoms with Gasteiger partial charge in [-0.1, -0.05) is 0 Å². The minimum Gasteiger partial charge on any atom is -0.444 e. The van der Waals surface area contributed by atoms with Crippen LogP contribution in [0.25, 0.3) is 0 Å². The van der Waals surface area contributed by atoms with Crippen LogP contribution in [0.5, 0.6) is 0 Å². The van der Waals surface area contributed by atoms with E-state index in [4.69, 9.17) is 10.5 Å². The predicted octanol–water partition coefficient (Wildman–Crippen LogP) is 1.21. The summed E-state index contributed by atoms with van der Waals surface area (Å²) in [5.41, 5.74) is 5.24. The van der Waals surface area contributed by atoms with Gasteiger partial charge >= 0.3 is 6.09 Å². The number of hydrogen-bond donors (Lipinski definition) is 2. The summed E-state index contributed by atoms with van der Waals surface area (Å²) in [7, 11) is 0. The Morgan fingerprint density at radius 3 is 2.46 bits per heavy atom. The van der Waals surface area contributed by atoms with Gasteiger partial charge in [0, 0.05) is 0 Å². The third kappa shape index (κ3) is 4.12. The van der Waals surface area contributed by atoms with E-state index in [-0.39, 0.29) is 6.17 Å². The first-order chi connectivity index (χ1) is 5.88. The van der Waals surface area contributed by atoms with Crippen molar-refractivity contribution in [2.45, 2.75) is 45.4 Å². The average molecular weight is 186 g/mol. The number of carbonyl (C=O) groups is 1. The number of hydrogen-bond acceptors (Lipinski definition) is 3. The smallest absolute Gasteiger partial charge is 0.408 e. The summed E-state index contributed by atoms with van der Waals surface area (Å²) in [6.45, 7) is 5.49. The molecule has 1 saturated carbocycles. The Labute approximate surface area is 78.8 Å². The first kappa shape index (κ1) is 10.3. The molecular formula is C9H18N2O2. The van der Waals surface area contributed by atoms with Crippen LogP contribution in [0, 0.1) is 5.92 Å². The fraction of sp³-hybridized carbons (Fsp3) is 0.889. The molecular weight excluding hydrogens is 168 g/mol. The normalized spacial score (nSPS) is 19.4. The molecule has 0 aromatic heterocycles. The summed E-state index contributed by atoms with van der Waals surface area (Å²) in [5.74, 6) is 0.451. The molecule has 3 N–H and O–H groups in total.